The van der Waals surface area contributed by atoms with E-state index in [1.54, 1.807) is 0 Å². The molecule has 3 heterocycles. The number of nitrogens with one attached hydrogen (secondary N) is 2. The molecule has 2 aromatic heterocycles. The highest BCUT2D eigenvalue weighted by Crippen LogP contribution is 2.36. The Labute approximate surface area is 235 Å². The van der Waals surface area contributed by atoms with Gasteiger partial charge in [-0.3, -0.25) is 4.79 Å². The van der Waals surface area contributed by atoms with Crippen molar-refractivity contribution in [3.05, 3.63) is 63.4 Å². The lowest BCUT2D eigenvalue weighted by molar-refractivity contribution is -0.162. The van der Waals surface area contributed by atoms with E-state index < -0.39 is 0 Å². The summed E-state index contributed by atoms with van der Waals surface area (Å²) >= 11 is 6.47. The van der Waals surface area contributed by atoms with Crippen LogP contribution in [0.1, 0.15) is 69.8 Å². The number of pyridine rings is 1. The summed E-state index contributed by atoms with van der Waals surface area (Å²) in [5, 5.41) is 2.37. The van der Waals surface area contributed by atoms with Gasteiger partial charge in [0.2, 0.25) is 5.56 Å². The van der Waals surface area contributed by atoms with E-state index in [2.05, 4.69) is 29.0 Å². The monoisotopic (exact) mass is 550 g/mol. The number of aromatic nitrogens is 2. The van der Waals surface area contributed by atoms with Crippen LogP contribution >= 0.6 is 11.6 Å². The normalized spacial score (nSPS) is 15.8. The lowest BCUT2D eigenvalue weighted by Gasteiger charge is -2.22. The van der Waals surface area contributed by atoms with Gasteiger partial charge in [-0.25, -0.2) is 0 Å². The van der Waals surface area contributed by atoms with Gasteiger partial charge < -0.3 is 24.2 Å². The van der Waals surface area contributed by atoms with Gasteiger partial charge in [0.1, 0.15) is 5.75 Å². The van der Waals surface area contributed by atoms with Crippen molar-refractivity contribution in [2.24, 2.45) is 0 Å². The highest BCUT2D eigenvalue weighted by atomic mass is 35.5. The Balaban J connectivity index is 1.03. The van der Waals surface area contributed by atoms with Gasteiger partial charge in [-0.05, 0) is 86.6 Å². The third-order valence-electron chi connectivity index (χ3n) is 7.61. The average molecular weight is 551 g/mol. The van der Waals surface area contributed by atoms with Crippen molar-refractivity contribution < 1.29 is 14.2 Å². The zero-order valence-electron chi connectivity index (χ0n) is 22.8. The molecule has 1 aliphatic rings. The molecule has 7 heteroatoms. The molecule has 0 amide bonds. The molecule has 39 heavy (non-hydrogen) atoms. The maximum atomic E-state index is 11.8. The van der Waals surface area contributed by atoms with Crippen LogP contribution in [0.25, 0.3) is 33.1 Å². The molecule has 1 unspecified atom stereocenters. The van der Waals surface area contributed by atoms with Crippen LogP contribution in [0.4, 0.5) is 0 Å². The third kappa shape index (κ3) is 7.05. The standard InChI is InChI=1S/C32H39ClN2O4/c1-22-30-26(16-17-27-31(30)25(33)21-28(36)34-27)35-32(22)23-12-14-24(15-13-23)37-18-8-5-3-2-4-6-9-19-38-29-11-7-10-20-39-29/h12-17,21,29,35H,2-11,18-20H2,1H3,(H,34,36). The smallest absolute Gasteiger partial charge is 0.249 e. The lowest BCUT2D eigenvalue weighted by Crippen LogP contribution is -2.22. The average Bonchev–Trinajstić information content (AvgIpc) is 3.28. The molecule has 1 fully saturated rings. The number of rotatable bonds is 13. The van der Waals surface area contributed by atoms with Crippen molar-refractivity contribution in [3.63, 3.8) is 0 Å². The molecular formula is C32H39ClN2O4. The summed E-state index contributed by atoms with van der Waals surface area (Å²) in [5.74, 6) is 0.889. The van der Waals surface area contributed by atoms with E-state index in [0.717, 1.165) is 83.5 Å². The Morgan fingerprint density at radius 1 is 0.872 bits per heavy atom. The van der Waals surface area contributed by atoms with Gasteiger partial charge in [0.05, 0.1) is 17.1 Å². The topological polar surface area (TPSA) is 76.3 Å². The van der Waals surface area contributed by atoms with Crippen LogP contribution in [-0.2, 0) is 9.47 Å². The predicted molar refractivity (Wildman–Crippen MR) is 159 cm³/mol. The molecule has 0 bridgehead atoms. The first-order chi connectivity index (χ1) is 19.1. The fourth-order valence-electron chi connectivity index (χ4n) is 5.50. The van der Waals surface area contributed by atoms with Crippen molar-refractivity contribution >= 4 is 33.4 Å². The van der Waals surface area contributed by atoms with Crippen LogP contribution in [0.15, 0.2) is 47.3 Å². The molecule has 2 N–H and O–H groups in total. The number of hydrogen-bond donors (Lipinski definition) is 2. The van der Waals surface area contributed by atoms with Crippen LogP contribution in [-0.4, -0.2) is 36.1 Å². The first kappa shape index (κ1) is 27.8. The van der Waals surface area contributed by atoms with Gasteiger partial charge in [0.25, 0.3) is 0 Å². The van der Waals surface area contributed by atoms with Crippen molar-refractivity contribution in [1.82, 2.24) is 9.97 Å². The van der Waals surface area contributed by atoms with Gasteiger partial charge in [0, 0.05) is 41.3 Å². The number of fused-ring (bicyclic) bond motifs is 3. The molecular weight excluding hydrogens is 512 g/mol. The molecule has 1 atom stereocenters. The van der Waals surface area contributed by atoms with Gasteiger partial charge in [0.15, 0.2) is 6.29 Å². The minimum absolute atomic E-state index is 0.0435. The number of aromatic amines is 2. The fraction of sp³-hybridized carbons (Fsp3) is 0.469. The van der Waals surface area contributed by atoms with Crippen molar-refractivity contribution in [3.8, 4) is 17.0 Å². The second-order valence-electron chi connectivity index (χ2n) is 10.5. The maximum Gasteiger partial charge on any atom is 0.249 e. The van der Waals surface area contributed by atoms with Gasteiger partial charge in [-0.15, -0.1) is 0 Å². The molecule has 5 rings (SSSR count). The molecule has 6 nitrogen and oxygen atoms in total. The number of halogens is 1. The fourth-order valence-corrected chi connectivity index (χ4v) is 5.80. The lowest BCUT2D eigenvalue weighted by atomic mass is 10.0. The summed E-state index contributed by atoms with van der Waals surface area (Å²) in [4.78, 5) is 18.3. The van der Waals surface area contributed by atoms with Crippen LogP contribution in [0.2, 0.25) is 5.02 Å². The number of aryl methyl sites for hydroxylation is 1. The van der Waals surface area contributed by atoms with Crippen LogP contribution < -0.4 is 10.3 Å². The van der Waals surface area contributed by atoms with Crippen LogP contribution in [0, 0.1) is 6.92 Å². The minimum atomic E-state index is -0.196. The molecule has 4 aromatic rings. The molecule has 208 valence electrons. The van der Waals surface area contributed by atoms with E-state index in [4.69, 9.17) is 25.8 Å². The van der Waals surface area contributed by atoms with Crippen molar-refractivity contribution in [1.29, 1.82) is 0 Å². The zero-order chi connectivity index (χ0) is 27.0. The Kier molecular flexibility index (Phi) is 9.62. The largest absolute Gasteiger partial charge is 0.494 e. The Morgan fingerprint density at radius 2 is 1.56 bits per heavy atom. The van der Waals surface area contributed by atoms with Crippen molar-refractivity contribution in [2.75, 3.05) is 19.8 Å². The second kappa shape index (κ2) is 13.5. The summed E-state index contributed by atoms with van der Waals surface area (Å²) in [6, 6.07) is 13.6. The Bertz CT molecular complexity index is 1420. The maximum absolute atomic E-state index is 11.8. The number of hydrogen-bond acceptors (Lipinski definition) is 4. The van der Waals surface area contributed by atoms with E-state index in [1.165, 1.54) is 51.0 Å². The molecule has 0 spiro atoms. The van der Waals surface area contributed by atoms with Crippen molar-refractivity contribution in [2.45, 2.75) is 77.4 Å². The zero-order valence-corrected chi connectivity index (χ0v) is 23.6. The summed E-state index contributed by atoms with van der Waals surface area (Å²) in [7, 11) is 0. The van der Waals surface area contributed by atoms with Crippen LogP contribution in [0.3, 0.4) is 0 Å². The van der Waals surface area contributed by atoms with Gasteiger partial charge in [-0.2, -0.15) is 0 Å². The molecule has 2 aromatic carbocycles. The SMILES string of the molecule is Cc1c(-c2ccc(OCCCCCCCCCOC3CCCCO3)cc2)[nH]c2ccc3[nH]c(=O)cc(Cl)c3c12. The minimum Gasteiger partial charge on any atom is -0.494 e. The second-order valence-corrected chi connectivity index (χ2v) is 10.9. The summed E-state index contributed by atoms with van der Waals surface area (Å²) in [5.41, 5.74) is 4.77. The number of benzene rings is 2. The van der Waals surface area contributed by atoms with E-state index in [0.29, 0.717) is 5.02 Å². The molecule has 0 saturated carbocycles. The third-order valence-corrected chi connectivity index (χ3v) is 7.91. The van der Waals surface area contributed by atoms with E-state index in [9.17, 15) is 4.79 Å². The van der Waals surface area contributed by atoms with E-state index >= 15 is 0 Å². The van der Waals surface area contributed by atoms with Gasteiger partial charge >= 0.3 is 0 Å². The first-order valence-electron chi connectivity index (χ1n) is 14.4. The summed E-state index contributed by atoms with van der Waals surface area (Å²) in [6.45, 7) is 4.50. The van der Waals surface area contributed by atoms with E-state index in [1.807, 2.05) is 24.3 Å². The van der Waals surface area contributed by atoms with E-state index in [-0.39, 0.29) is 11.8 Å². The number of unbranched alkanes of at least 4 members (excludes halogenated alkanes) is 6. The Hall–Kier alpha value is -2.80. The molecule has 0 radical (unpaired) electrons. The van der Waals surface area contributed by atoms with Crippen LogP contribution in [0.5, 0.6) is 5.75 Å². The summed E-state index contributed by atoms with van der Waals surface area (Å²) in [6.07, 6.45) is 11.9. The van der Waals surface area contributed by atoms with Gasteiger partial charge in [-0.1, -0.05) is 43.7 Å². The quantitative estimate of drug-likeness (QED) is 0.164. The molecule has 1 aliphatic heterocycles. The predicted octanol–water partition coefficient (Wildman–Crippen LogP) is 8.29. The highest BCUT2D eigenvalue weighted by molar-refractivity contribution is 6.37. The highest BCUT2D eigenvalue weighted by Gasteiger charge is 2.15. The summed E-state index contributed by atoms with van der Waals surface area (Å²) < 4.78 is 17.4. The molecule has 0 aliphatic carbocycles. The Morgan fingerprint density at radius 3 is 2.28 bits per heavy atom. The number of H-pyrrole nitrogens is 2. The first-order valence-corrected chi connectivity index (χ1v) is 14.8. The number of ether oxygens (including phenoxy) is 3. The molecule has 1 saturated heterocycles.